The molecule has 5 nitrogen and oxygen atoms in total. The molecule has 15 heavy (non-hydrogen) atoms. The molecule has 0 radical (unpaired) electrons. The van der Waals surface area contributed by atoms with Crippen LogP contribution in [-0.4, -0.2) is 29.2 Å². The lowest BCUT2D eigenvalue weighted by Crippen LogP contribution is -2.24. The number of aliphatic hydroxyl groups is 1. The molecule has 0 spiro atoms. The number of esters is 1. The minimum atomic E-state index is -1.02. The minimum absolute atomic E-state index is 0.0819. The van der Waals surface area contributed by atoms with Crippen molar-refractivity contribution in [3.05, 3.63) is 11.3 Å². The summed E-state index contributed by atoms with van der Waals surface area (Å²) in [6, 6.07) is 0. The molecule has 1 N–H and O–H groups in total. The molecule has 1 aliphatic rings. The van der Waals surface area contributed by atoms with E-state index in [0.717, 1.165) is 0 Å². The van der Waals surface area contributed by atoms with Gasteiger partial charge in [0.15, 0.2) is 11.6 Å². The van der Waals surface area contributed by atoms with E-state index in [-0.39, 0.29) is 19.4 Å². The molecule has 0 amide bonds. The van der Waals surface area contributed by atoms with Gasteiger partial charge in [0.25, 0.3) is 0 Å². The first-order valence-electron chi connectivity index (χ1n) is 4.74. The molecule has 0 aliphatic heterocycles. The van der Waals surface area contributed by atoms with Gasteiger partial charge in [0.2, 0.25) is 5.76 Å². The molecular weight excluding hydrogens is 200 g/mol. The Hall–Kier alpha value is -1.65. The topological polar surface area (TPSA) is 80.7 Å². The largest absolute Gasteiger partial charge is 0.501 e. The van der Waals surface area contributed by atoms with Crippen molar-refractivity contribution in [1.82, 2.24) is 0 Å². The molecule has 1 rings (SSSR count). The molecule has 0 aromatic rings. The normalized spacial score (nSPS) is 16.5. The van der Waals surface area contributed by atoms with Crippen LogP contribution in [0.4, 0.5) is 0 Å². The van der Waals surface area contributed by atoms with Crippen LogP contribution in [0.25, 0.3) is 0 Å². The summed E-state index contributed by atoms with van der Waals surface area (Å²) in [6.45, 7) is 1.65. The maximum Gasteiger partial charge on any atom is 0.374 e. The molecule has 0 saturated heterocycles. The maximum absolute atomic E-state index is 11.3. The third kappa shape index (κ3) is 2.43. The highest BCUT2D eigenvalue weighted by Gasteiger charge is 2.30. The lowest BCUT2D eigenvalue weighted by molar-refractivity contribution is -0.142. The molecule has 1 saturated carbocycles. The lowest BCUT2D eigenvalue weighted by atomic mass is 9.91. The summed E-state index contributed by atoms with van der Waals surface area (Å²) in [7, 11) is 0. The first kappa shape index (κ1) is 11.4. The summed E-state index contributed by atoms with van der Waals surface area (Å²) in [5.74, 6) is -2.85. The number of carbonyl (C=O) groups excluding carboxylic acids is 3. The van der Waals surface area contributed by atoms with Crippen LogP contribution in [0, 0.1) is 0 Å². The smallest absolute Gasteiger partial charge is 0.374 e. The number of Topliss-reactive ketones (excluding diaryl/α,β-unsaturated/α-hetero) is 2. The van der Waals surface area contributed by atoms with Crippen LogP contribution in [0.2, 0.25) is 0 Å². The average molecular weight is 212 g/mol. The van der Waals surface area contributed by atoms with E-state index in [1.54, 1.807) is 6.92 Å². The van der Waals surface area contributed by atoms with Crippen molar-refractivity contribution >= 4 is 17.5 Å². The van der Waals surface area contributed by atoms with Crippen LogP contribution in [0.15, 0.2) is 11.3 Å². The summed E-state index contributed by atoms with van der Waals surface area (Å²) in [5, 5.41) is 9.38. The van der Waals surface area contributed by atoms with Gasteiger partial charge < -0.3 is 9.84 Å². The standard InChI is InChI=1S/C10H12O5/c1-2-15-10(14)9(13)8-6(11)4-3-5-7(8)12/h13H,2-5H2,1H3. The van der Waals surface area contributed by atoms with Crippen molar-refractivity contribution in [3.8, 4) is 0 Å². The van der Waals surface area contributed by atoms with Gasteiger partial charge in [-0.2, -0.15) is 0 Å². The summed E-state index contributed by atoms with van der Waals surface area (Å²) in [5.41, 5.74) is -0.403. The summed E-state index contributed by atoms with van der Waals surface area (Å²) < 4.78 is 4.50. The van der Waals surface area contributed by atoms with Crippen molar-refractivity contribution in [2.75, 3.05) is 6.61 Å². The van der Waals surface area contributed by atoms with Gasteiger partial charge in [-0.25, -0.2) is 4.79 Å². The summed E-state index contributed by atoms with van der Waals surface area (Å²) in [6.07, 6.45) is 0.840. The highest BCUT2D eigenvalue weighted by atomic mass is 16.5. The fourth-order valence-electron chi connectivity index (χ4n) is 1.38. The summed E-state index contributed by atoms with van der Waals surface area (Å²) in [4.78, 5) is 33.7. The van der Waals surface area contributed by atoms with E-state index in [4.69, 9.17) is 0 Å². The summed E-state index contributed by atoms with van der Waals surface area (Å²) >= 11 is 0. The van der Waals surface area contributed by atoms with Gasteiger partial charge in [-0.3, -0.25) is 9.59 Å². The average Bonchev–Trinajstić information content (AvgIpc) is 2.17. The van der Waals surface area contributed by atoms with Gasteiger partial charge in [0, 0.05) is 12.8 Å². The SMILES string of the molecule is CCOC(=O)C(O)=C1C(=O)CCCC1=O. The van der Waals surface area contributed by atoms with Crippen molar-refractivity contribution < 1.29 is 24.2 Å². The fourth-order valence-corrected chi connectivity index (χ4v) is 1.38. The number of carbonyl (C=O) groups is 3. The second-order valence-electron chi connectivity index (χ2n) is 3.14. The number of ether oxygens (including phenoxy) is 1. The molecular formula is C10H12O5. The van der Waals surface area contributed by atoms with Gasteiger partial charge in [-0.15, -0.1) is 0 Å². The maximum atomic E-state index is 11.3. The first-order valence-corrected chi connectivity index (χ1v) is 4.74. The predicted octanol–water partition coefficient (Wildman–Crippen LogP) is 0.684. The first-order chi connectivity index (χ1) is 7.07. The molecule has 0 aromatic carbocycles. The molecule has 0 unspecified atom stereocenters. The van der Waals surface area contributed by atoms with Crippen molar-refractivity contribution in [2.45, 2.75) is 26.2 Å². The number of allylic oxidation sites excluding steroid dienone is 1. The van der Waals surface area contributed by atoms with Crippen LogP contribution < -0.4 is 0 Å². The second kappa shape index (κ2) is 4.72. The zero-order valence-electron chi connectivity index (χ0n) is 8.41. The third-order valence-corrected chi connectivity index (χ3v) is 2.07. The van der Waals surface area contributed by atoms with Crippen molar-refractivity contribution in [2.24, 2.45) is 0 Å². The van der Waals surface area contributed by atoms with E-state index in [0.29, 0.717) is 6.42 Å². The fraction of sp³-hybridized carbons (Fsp3) is 0.500. The van der Waals surface area contributed by atoms with E-state index in [9.17, 15) is 19.5 Å². The number of aliphatic hydroxyl groups excluding tert-OH is 1. The van der Waals surface area contributed by atoms with Crippen LogP contribution in [0.1, 0.15) is 26.2 Å². The number of hydrogen-bond acceptors (Lipinski definition) is 5. The van der Waals surface area contributed by atoms with Gasteiger partial charge in [-0.1, -0.05) is 0 Å². The van der Waals surface area contributed by atoms with Crippen molar-refractivity contribution in [3.63, 3.8) is 0 Å². The highest BCUT2D eigenvalue weighted by Crippen LogP contribution is 2.19. The van der Waals surface area contributed by atoms with Crippen LogP contribution in [0.3, 0.4) is 0 Å². The lowest BCUT2D eigenvalue weighted by Gasteiger charge is -2.12. The number of ketones is 2. The Balaban J connectivity index is 2.98. The predicted molar refractivity (Wildman–Crippen MR) is 50.2 cm³/mol. The third-order valence-electron chi connectivity index (χ3n) is 2.07. The van der Waals surface area contributed by atoms with Crippen molar-refractivity contribution in [1.29, 1.82) is 0 Å². The Morgan fingerprint density at radius 3 is 2.33 bits per heavy atom. The zero-order valence-corrected chi connectivity index (χ0v) is 8.41. The van der Waals surface area contributed by atoms with E-state index in [1.165, 1.54) is 0 Å². The monoisotopic (exact) mass is 212 g/mol. The molecule has 1 aliphatic carbocycles. The minimum Gasteiger partial charge on any atom is -0.501 e. The number of rotatable bonds is 2. The van der Waals surface area contributed by atoms with Gasteiger partial charge in [-0.05, 0) is 13.3 Å². The quantitative estimate of drug-likeness (QED) is 0.315. The Bertz CT molecular complexity index is 322. The van der Waals surface area contributed by atoms with E-state index >= 15 is 0 Å². The Morgan fingerprint density at radius 1 is 1.33 bits per heavy atom. The Labute approximate surface area is 86.7 Å². The molecule has 0 atom stereocenters. The molecule has 1 fully saturated rings. The Morgan fingerprint density at radius 2 is 1.87 bits per heavy atom. The second-order valence-corrected chi connectivity index (χ2v) is 3.14. The number of hydrogen-bond donors (Lipinski definition) is 1. The molecule has 0 aromatic heterocycles. The van der Waals surface area contributed by atoms with Gasteiger partial charge >= 0.3 is 5.97 Å². The highest BCUT2D eigenvalue weighted by molar-refractivity contribution is 6.24. The van der Waals surface area contributed by atoms with E-state index in [2.05, 4.69) is 4.74 Å². The van der Waals surface area contributed by atoms with E-state index in [1.807, 2.05) is 0 Å². The van der Waals surface area contributed by atoms with E-state index < -0.39 is 28.9 Å². The van der Waals surface area contributed by atoms with Crippen LogP contribution >= 0.6 is 0 Å². The zero-order chi connectivity index (χ0) is 11.4. The van der Waals surface area contributed by atoms with Gasteiger partial charge in [0.05, 0.1) is 6.61 Å². The Kier molecular flexibility index (Phi) is 3.60. The van der Waals surface area contributed by atoms with Gasteiger partial charge in [0.1, 0.15) is 5.57 Å². The molecule has 82 valence electrons. The van der Waals surface area contributed by atoms with Crippen LogP contribution in [-0.2, 0) is 19.1 Å². The molecule has 0 bridgehead atoms. The van der Waals surface area contributed by atoms with Crippen LogP contribution in [0.5, 0.6) is 0 Å². The molecule has 5 heteroatoms. The molecule has 0 heterocycles.